The molecule has 3 aromatic rings. The molecule has 0 aliphatic heterocycles. The summed E-state index contributed by atoms with van der Waals surface area (Å²) in [5.74, 6) is 1.42. The number of Topliss-reactive ketones (excluding diaryl/α,β-unsaturated/α-hetero) is 1. The maximum absolute atomic E-state index is 11.9. The lowest BCUT2D eigenvalue weighted by atomic mass is 10.1. The van der Waals surface area contributed by atoms with Gasteiger partial charge < -0.3 is 9.47 Å². The van der Waals surface area contributed by atoms with E-state index in [0.717, 1.165) is 11.8 Å². The predicted molar refractivity (Wildman–Crippen MR) is 102 cm³/mol. The van der Waals surface area contributed by atoms with Gasteiger partial charge in [-0.05, 0) is 36.9 Å². The number of H-pyrrole nitrogens is 1. The van der Waals surface area contributed by atoms with E-state index in [9.17, 15) is 14.9 Å². The average Bonchev–Trinajstić information content (AvgIpc) is 3.16. The Morgan fingerprint density at radius 2 is 1.82 bits per heavy atom. The van der Waals surface area contributed by atoms with Gasteiger partial charge in [-0.3, -0.25) is 20.0 Å². The molecule has 10 heteroatoms. The van der Waals surface area contributed by atoms with Crippen LogP contribution < -0.4 is 9.47 Å². The minimum Gasteiger partial charge on any atom is -0.497 e. The first-order valence-electron chi connectivity index (χ1n) is 8.04. The molecule has 9 nitrogen and oxygen atoms in total. The Balaban J connectivity index is 1.92. The van der Waals surface area contributed by atoms with Gasteiger partial charge in [0.25, 0.3) is 5.69 Å². The fourth-order valence-corrected chi connectivity index (χ4v) is 3.33. The van der Waals surface area contributed by atoms with Crippen LogP contribution >= 0.6 is 11.8 Å². The molecule has 0 aliphatic rings. The monoisotopic (exact) mass is 400 g/mol. The maximum Gasteiger partial charge on any atom is 0.270 e. The Labute approximate surface area is 164 Å². The van der Waals surface area contributed by atoms with E-state index in [4.69, 9.17) is 9.47 Å². The molecule has 28 heavy (non-hydrogen) atoms. The maximum atomic E-state index is 11.9. The van der Waals surface area contributed by atoms with Gasteiger partial charge in [-0.2, -0.15) is 0 Å². The third kappa shape index (κ3) is 4.12. The zero-order valence-electron chi connectivity index (χ0n) is 15.3. The van der Waals surface area contributed by atoms with Crippen molar-refractivity contribution in [3.63, 3.8) is 0 Å². The van der Waals surface area contributed by atoms with Gasteiger partial charge in [-0.15, -0.1) is 5.10 Å². The van der Waals surface area contributed by atoms with Crippen molar-refractivity contribution in [1.82, 2.24) is 15.2 Å². The number of carbonyl (C=O) groups is 1. The summed E-state index contributed by atoms with van der Waals surface area (Å²) in [6.45, 7) is 1.36. The van der Waals surface area contributed by atoms with Crippen molar-refractivity contribution in [2.24, 2.45) is 0 Å². The summed E-state index contributed by atoms with van der Waals surface area (Å²) in [6, 6.07) is 9.42. The number of hydrogen-bond donors (Lipinski definition) is 1. The highest BCUT2D eigenvalue weighted by molar-refractivity contribution is 7.99. The molecular formula is C18H16N4O5S. The first-order chi connectivity index (χ1) is 13.4. The Hall–Kier alpha value is -3.40. The number of hydrogen-bond acceptors (Lipinski definition) is 8. The van der Waals surface area contributed by atoms with Gasteiger partial charge in [0.05, 0.1) is 19.1 Å². The number of nitro groups is 1. The second-order valence-corrected chi connectivity index (χ2v) is 6.67. The standard InChI is InChI=1S/C18H16N4O5S/c1-10(23)15-8-12(22(24)25)4-5-16(15)28-18-19-17(20-21-18)11-6-13(26-2)9-14(7-11)27-3/h4-9H,1-3H3,(H,19,20,21). The number of carbonyl (C=O) groups excluding carboxylic acids is 1. The van der Waals surface area contributed by atoms with Crippen LogP contribution in [-0.4, -0.2) is 40.1 Å². The van der Waals surface area contributed by atoms with E-state index < -0.39 is 4.92 Å². The summed E-state index contributed by atoms with van der Waals surface area (Å²) in [5.41, 5.74) is 0.813. The van der Waals surface area contributed by atoms with Gasteiger partial charge in [0, 0.05) is 34.2 Å². The first-order valence-corrected chi connectivity index (χ1v) is 8.86. The largest absolute Gasteiger partial charge is 0.497 e. The van der Waals surface area contributed by atoms with Crippen molar-refractivity contribution in [2.75, 3.05) is 14.2 Å². The molecule has 0 fully saturated rings. The Morgan fingerprint density at radius 3 is 2.39 bits per heavy atom. The molecule has 144 valence electrons. The van der Waals surface area contributed by atoms with E-state index >= 15 is 0 Å². The third-order valence-corrected chi connectivity index (χ3v) is 4.79. The summed E-state index contributed by atoms with van der Waals surface area (Å²) in [5, 5.41) is 18.3. The number of nitrogens with one attached hydrogen (secondary N) is 1. The number of nitro benzene ring substituents is 1. The highest BCUT2D eigenvalue weighted by atomic mass is 32.2. The van der Waals surface area contributed by atoms with Crippen LogP contribution in [0.2, 0.25) is 0 Å². The zero-order chi connectivity index (χ0) is 20.3. The third-order valence-electron chi connectivity index (χ3n) is 3.84. The van der Waals surface area contributed by atoms with E-state index in [1.807, 2.05) is 0 Å². The van der Waals surface area contributed by atoms with E-state index in [1.165, 1.54) is 25.1 Å². The molecule has 0 bridgehead atoms. The molecule has 1 aromatic heterocycles. The fourth-order valence-electron chi connectivity index (χ4n) is 2.46. The Kier molecular flexibility index (Phi) is 5.59. The van der Waals surface area contributed by atoms with Crippen molar-refractivity contribution < 1.29 is 19.2 Å². The van der Waals surface area contributed by atoms with Crippen molar-refractivity contribution in [2.45, 2.75) is 17.0 Å². The average molecular weight is 400 g/mol. The second-order valence-electron chi connectivity index (χ2n) is 5.66. The molecule has 1 heterocycles. The van der Waals surface area contributed by atoms with Crippen LogP contribution in [-0.2, 0) is 0 Å². The van der Waals surface area contributed by atoms with Crippen LogP contribution in [0.25, 0.3) is 11.4 Å². The summed E-state index contributed by atoms with van der Waals surface area (Å²) in [4.78, 5) is 27.3. The summed E-state index contributed by atoms with van der Waals surface area (Å²) < 4.78 is 10.5. The number of aromatic nitrogens is 3. The highest BCUT2D eigenvalue weighted by Crippen LogP contribution is 2.33. The van der Waals surface area contributed by atoms with Crippen molar-refractivity contribution >= 4 is 23.2 Å². The highest BCUT2D eigenvalue weighted by Gasteiger charge is 2.17. The second kappa shape index (κ2) is 8.09. The number of methoxy groups -OCH3 is 2. The smallest absolute Gasteiger partial charge is 0.270 e. The van der Waals surface area contributed by atoms with Gasteiger partial charge in [0.2, 0.25) is 5.16 Å². The van der Waals surface area contributed by atoms with Crippen LogP contribution in [0.15, 0.2) is 46.5 Å². The normalized spacial score (nSPS) is 10.5. The number of rotatable bonds is 7. The molecular weight excluding hydrogens is 384 g/mol. The zero-order valence-corrected chi connectivity index (χ0v) is 16.1. The van der Waals surface area contributed by atoms with Gasteiger partial charge in [0.1, 0.15) is 11.5 Å². The number of nitrogens with zero attached hydrogens (tertiary/aromatic N) is 3. The molecule has 0 saturated carbocycles. The van der Waals surface area contributed by atoms with Crippen LogP contribution in [0.1, 0.15) is 17.3 Å². The number of non-ortho nitro benzene ring substituents is 1. The van der Waals surface area contributed by atoms with Gasteiger partial charge in [-0.25, -0.2) is 4.98 Å². The quantitative estimate of drug-likeness (QED) is 0.362. The Bertz CT molecular complexity index is 1030. The molecule has 0 amide bonds. The van der Waals surface area contributed by atoms with Crippen LogP contribution in [0, 0.1) is 10.1 Å². The summed E-state index contributed by atoms with van der Waals surface area (Å²) in [7, 11) is 3.11. The van der Waals surface area contributed by atoms with Gasteiger partial charge in [0.15, 0.2) is 11.6 Å². The summed E-state index contributed by atoms with van der Waals surface area (Å²) in [6.07, 6.45) is 0. The molecule has 0 unspecified atom stereocenters. The summed E-state index contributed by atoms with van der Waals surface area (Å²) >= 11 is 1.14. The first kappa shape index (κ1) is 19.4. The lowest BCUT2D eigenvalue weighted by Crippen LogP contribution is -1.98. The molecule has 1 N–H and O–H groups in total. The lowest BCUT2D eigenvalue weighted by Gasteiger charge is -2.06. The SMILES string of the molecule is COc1cc(OC)cc(-c2nc(Sc3ccc([N+](=O)[O-])cc3C(C)=O)n[nH]2)c1. The van der Waals surface area contributed by atoms with E-state index in [-0.39, 0.29) is 17.0 Å². The van der Waals surface area contributed by atoms with Crippen LogP contribution in [0.3, 0.4) is 0 Å². The predicted octanol–water partition coefficient (Wildman–Crippen LogP) is 3.75. The topological polar surface area (TPSA) is 120 Å². The van der Waals surface area contributed by atoms with E-state index in [1.54, 1.807) is 32.4 Å². The number of ketones is 1. The fraction of sp³-hybridized carbons (Fsp3) is 0.167. The molecule has 0 saturated heterocycles. The molecule has 2 aromatic carbocycles. The number of ether oxygens (including phenoxy) is 2. The molecule has 3 rings (SSSR count). The van der Waals surface area contributed by atoms with Crippen molar-refractivity contribution in [3.8, 4) is 22.9 Å². The van der Waals surface area contributed by atoms with E-state index in [2.05, 4.69) is 15.2 Å². The number of aromatic amines is 1. The molecule has 0 aliphatic carbocycles. The molecule has 0 radical (unpaired) electrons. The lowest BCUT2D eigenvalue weighted by molar-refractivity contribution is -0.384. The van der Waals surface area contributed by atoms with Crippen LogP contribution in [0.4, 0.5) is 5.69 Å². The van der Waals surface area contributed by atoms with Crippen molar-refractivity contribution in [3.05, 3.63) is 52.1 Å². The molecule has 0 spiro atoms. The van der Waals surface area contributed by atoms with Gasteiger partial charge in [-0.1, -0.05) is 0 Å². The van der Waals surface area contributed by atoms with Crippen LogP contribution in [0.5, 0.6) is 11.5 Å². The van der Waals surface area contributed by atoms with Crippen molar-refractivity contribution in [1.29, 1.82) is 0 Å². The number of benzene rings is 2. The Morgan fingerprint density at radius 1 is 1.14 bits per heavy atom. The molecule has 0 atom stereocenters. The minimum atomic E-state index is -0.540. The van der Waals surface area contributed by atoms with E-state index in [0.29, 0.717) is 32.9 Å². The van der Waals surface area contributed by atoms with Gasteiger partial charge >= 0.3 is 0 Å². The minimum absolute atomic E-state index is 0.145.